The van der Waals surface area contributed by atoms with Crippen molar-refractivity contribution >= 4 is 10.9 Å². The highest BCUT2D eigenvalue weighted by Crippen LogP contribution is 2.30. The summed E-state index contributed by atoms with van der Waals surface area (Å²) in [4.78, 5) is 3.41. The largest absolute Gasteiger partial charge is 0.378 e. The molecule has 1 aliphatic rings. The lowest BCUT2D eigenvalue weighted by molar-refractivity contribution is 0.115. The first kappa shape index (κ1) is 8.95. The summed E-state index contributed by atoms with van der Waals surface area (Å²) in [5, 5.41) is 14.0. The maximum Gasteiger partial charge on any atom is 0.109 e. The Hall–Kier alpha value is -1.32. The van der Waals surface area contributed by atoms with Gasteiger partial charge in [-0.1, -0.05) is 18.2 Å². The highest BCUT2D eigenvalue weighted by atomic mass is 16.3. The molecular formula is C12H14N2O. The topological polar surface area (TPSA) is 48.0 Å². The van der Waals surface area contributed by atoms with Gasteiger partial charge in [0.05, 0.1) is 0 Å². The monoisotopic (exact) mass is 202 g/mol. The lowest BCUT2D eigenvalue weighted by Crippen LogP contribution is -2.37. The van der Waals surface area contributed by atoms with Crippen LogP contribution in [0.4, 0.5) is 0 Å². The molecule has 3 N–H and O–H groups in total. The van der Waals surface area contributed by atoms with Crippen LogP contribution < -0.4 is 5.32 Å². The van der Waals surface area contributed by atoms with Gasteiger partial charge in [0.1, 0.15) is 6.23 Å². The Balaban J connectivity index is 2.27. The summed E-state index contributed by atoms with van der Waals surface area (Å²) in [6, 6.07) is 8.44. The van der Waals surface area contributed by atoms with Crippen molar-refractivity contribution in [2.45, 2.75) is 25.6 Å². The molecule has 0 bridgehead atoms. The maximum atomic E-state index is 9.68. The number of nitrogens with one attached hydrogen (secondary N) is 2. The molecule has 1 aromatic carbocycles. The molecule has 2 heterocycles. The fourth-order valence-corrected chi connectivity index (χ4v) is 2.43. The van der Waals surface area contributed by atoms with Gasteiger partial charge in [0.15, 0.2) is 0 Å². The third kappa shape index (κ3) is 1.28. The van der Waals surface area contributed by atoms with E-state index in [1.165, 1.54) is 16.6 Å². The van der Waals surface area contributed by atoms with Crippen LogP contribution in [-0.2, 0) is 6.42 Å². The second-order valence-electron chi connectivity index (χ2n) is 4.17. The standard InChI is InChI=1S/C12H14N2O/c1-7-12-9(6-11(15)13-7)8-4-2-3-5-10(8)14-12/h2-5,7,11,13-15H,6H2,1H3/t7-,11+/m1/s1. The zero-order chi connectivity index (χ0) is 10.4. The van der Waals surface area contributed by atoms with Crippen molar-refractivity contribution in [3.05, 3.63) is 35.5 Å². The van der Waals surface area contributed by atoms with E-state index in [0.29, 0.717) is 6.42 Å². The van der Waals surface area contributed by atoms with Gasteiger partial charge in [0.25, 0.3) is 0 Å². The van der Waals surface area contributed by atoms with Gasteiger partial charge in [-0.25, -0.2) is 0 Å². The minimum Gasteiger partial charge on any atom is -0.378 e. The van der Waals surface area contributed by atoms with Gasteiger partial charge < -0.3 is 10.1 Å². The quantitative estimate of drug-likeness (QED) is 0.609. The van der Waals surface area contributed by atoms with E-state index >= 15 is 0 Å². The third-order valence-electron chi connectivity index (χ3n) is 3.12. The molecule has 78 valence electrons. The van der Waals surface area contributed by atoms with Crippen LogP contribution in [0.25, 0.3) is 10.9 Å². The number of aromatic nitrogens is 1. The number of H-pyrrole nitrogens is 1. The van der Waals surface area contributed by atoms with Crippen LogP contribution in [0.15, 0.2) is 24.3 Å². The number of para-hydroxylation sites is 1. The Labute approximate surface area is 88.1 Å². The van der Waals surface area contributed by atoms with E-state index in [0.717, 1.165) is 5.52 Å². The van der Waals surface area contributed by atoms with E-state index in [9.17, 15) is 5.11 Å². The van der Waals surface area contributed by atoms with E-state index in [4.69, 9.17) is 0 Å². The fraction of sp³-hybridized carbons (Fsp3) is 0.333. The average molecular weight is 202 g/mol. The van der Waals surface area contributed by atoms with Crippen LogP contribution >= 0.6 is 0 Å². The first-order valence-corrected chi connectivity index (χ1v) is 5.29. The van der Waals surface area contributed by atoms with Gasteiger partial charge in [-0.2, -0.15) is 0 Å². The number of aliphatic hydroxyl groups excluding tert-OH is 1. The molecule has 1 aliphatic heterocycles. The molecule has 3 heteroatoms. The predicted octanol–water partition coefficient (Wildman–Crippen LogP) is 1.69. The number of rotatable bonds is 0. The first-order valence-electron chi connectivity index (χ1n) is 5.29. The van der Waals surface area contributed by atoms with Crippen molar-refractivity contribution in [2.75, 3.05) is 0 Å². The molecule has 15 heavy (non-hydrogen) atoms. The van der Waals surface area contributed by atoms with Crippen LogP contribution in [0.2, 0.25) is 0 Å². The van der Waals surface area contributed by atoms with Gasteiger partial charge in [-0.15, -0.1) is 0 Å². The smallest absolute Gasteiger partial charge is 0.109 e. The van der Waals surface area contributed by atoms with Gasteiger partial charge >= 0.3 is 0 Å². The van der Waals surface area contributed by atoms with Crippen molar-refractivity contribution in [1.29, 1.82) is 0 Å². The average Bonchev–Trinajstić information content (AvgIpc) is 2.57. The van der Waals surface area contributed by atoms with Crippen LogP contribution in [0, 0.1) is 0 Å². The van der Waals surface area contributed by atoms with Crippen molar-refractivity contribution in [1.82, 2.24) is 10.3 Å². The molecule has 0 unspecified atom stereocenters. The van der Waals surface area contributed by atoms with Crippen molar-refractivity contribution < 1.29 is 5.11 Å². The van der Waals surface area contributed by atoms with Crippen LogP contribution in [0.3, 0.4) is 0 Å². The molecule has 0 saturated carbocycles. The molecule has 0 amide bonds. The van der Waals surface area contributed by atoms with Crippen molar-refractivity contribution in [3.63, 3.8) is 0 Å². The lowest BCUT2D eigenvalue weighted by Gasteiger charge is -2.25. The minimum absolute atomic E-state index is 0.191. The van der Waals surface area contributed by atoms with E-state index in [1.54, 1.807) is 0 Å². The molecule has 3 rings (SSSR count). The second kappa shape index (κ2) is 3.08. The maximum absolute atomic E-state index is 9.68. The summed E-state index contributed by atoms with van der Waals surface area (Å²) in [5.74, 6) is 0. The second-order valence-corrected chi connectivity index (χ2v) is 4.17. The zero-order valence-corrected chi connectivity index (χ0v) is 8.62. The summed E-state index contributed by atoms with van der Waals surface area (Å²) in [6.45, 7) is 2.07. The molecule has 2 aromatic rings. The molecule has 0 spiro atoms. The molecule has 0 fully saturated rings. The van der Waals surface area contributed by atoms with Crippen molar-refractivity contribution in [2.24, 2.45) is 0 Å². The van der Waals surface area contributed by atoms with Gasteiger partial charge in [0, 0.05) is 29.1 Å². The summed E-state index contributed by atoms with van der Waals surface area (Å²) >= 11 is 0. The van der Waals surface area contributed by atoms with E-state index < -0.39 is 6.23 Å². The Kier molecular flexibility index (Phi) is 1.84. The highest BCUT2D eigenvalue weighted by molar-refractivity contribution is 5.85. The molecule has 1 aromatic heterocycles. The van der Waals surface area contributed by atoms with E-state index in [2.05, 4.69) is 29.4 Å². The first-order chi connectivity index (χ1) is 7.25. The molecule has 0 saturated heterocycles. The Morgan fingerprint density at radius 2 is 2.13 bits per heavy atom. The van der Waals surface area contributed by atoms with Gasteiger partial charge in [-0.05, 0) is 18.6 Å². The van der Waals surface area contributed by atoms with E-state index in [-0.39, 0.29) is 6.04 Å². The fourth-order valence-electron chi connectivity index (χ4n) is 2.43. The number of fused-ring (bicyclic) bond motifs is 3. The number of benzene rings is 1. The van der Waals surface area contributed by atoms with Crippen LogP contribution in [0.5, 0.6) is 0 Å². The normalized spacial score (nSPS) is 25.5. The third-order valence-corrected chi connectivity index (χ3v) is 3.12. The molecular weight excluding hydrogens is 188 g/mol. The summed E-state index contributed by atoms with van der Waals surface area (Å²) < 4.78 is 0. The van der Waals surface area contributed by atoms with Crippen LogP contribution in [0.1, 0.15) is 24.2 Å². The highest BCUT2D eigenvalue weighted by Gasteiger charge is 2.24. The SMILES string of the molecule is C[C@H]1N[C@@H](O)Cc2c1[nH]c1ccccc21. The summed E-state index contributed by atoms with van der Waals surface area (Å²) in [5.41, 5.74) is 3.62. The van der Waals surface area contributed by atoms with E-state index in [1.807, 2.05) is 12.1 Å². The molecule has 0 aliphatic carbocycles. The van der Waals surface area contributed by atoms with Gasteiger partial charge in [-0.3, -0.25) is 5.32 Å². The summed E-state index contributed by atoms with van der Waals surface area (Å²) in [7, 11) is 0. The number of aliphatic hydroxyl groups is 1. The lowest BCUT2D eigenvalue weighted by atomic mass is 9.99. The Morgan fingerprint density at radius 3 is 3.00 bits per heavy atom. The summed E-state index contributed by atoms with van der Waals surface area (Å²) in [6.07, 6.45) is 0.260. The molecule has 2 atom stereocenters. The number of aromatic amines is 1. The number of hydrogen-bond acceptors (Lipinski definition) is 2. The Bertz CT molecular complexity index is 503. The zero-order valence-electron chi connectivity index (χ0n) is 8.62. The van der Waals surface area contributed by atoms with Crippen LogP contribution in [-0.4, -0.2) is 16.3 Å². The number of hydrogen-bond donors (Lipinski definition) is 3. The van der Waals surface area contributed by atoms with Crippen molar-refractivity contribution in [3.8, 4) is 0 Å². The van der Waals surface area contributed by atoms with Gasteiger partial charge in [0.2, 0.25) is 0 Å². The molecule has 3 nitrogen and oxygen atoms in total. The predicted molar refractivity (Wildman–Crippen MR) is 59.6 cm³/mol. The minimum atomic E-state index is -0.424. The Morgan fingerprint density at radius 1 is 1.33 bits per heavy atom. The molecule has 0 radical (unpaired) electrons.